The van der Waals surface area contributed by atoms with E-state index in [-0.39, 0.29) is 0 Å². The Morgan fingerprint density at radius 2 is 1.90 bits per heavy atom. The summed E-state index contributed by atoms with van der Waals surface area (Å²) in [5.74, 6) is -3.20. The van der Waals surface area contributed by atoms with E-state index < -0.39 is 41.9 Å². The van der Waals surface area contributed by atoms with Crippen molar-refractivity contribution < 1.29 is 33.4 Å². The molecule has 1 fully saturated rings. The number of rotatable bonds is 5. The minimum Gasteiger partial charge on any atom is -0.466 e. The van der Waals surface area contributed by atoms with Gasteiger partial charge in [0.25, 0.3) is 11.5 Å². The number of carbonyl (C=O) groups is 4. The molecule has 0 aromatic rings. The van der Waals surface area contributed by atoms with Crippen molar-refractivity contribution in [1.29, 1.82) is 0 Å². The van der Waals surface area contributed by atoms with Crippen molar-refractivity contribution in [2.45, 2.75) is 38.9 Å². The molecule has 8 nitrogen and oxygen atoms in total. The molecule has 1 heterocycles. The topological polar surface area (TPSA) is 99.2 Å². The Labute approximate surface area is 122 Å². The molecule has 0 saturated carbocycles. The lowest BCUT2D eigenvalue weighted by molar-refractivity contribution is -0.190. The van der Waals surface area contributed by atoms with Crippen molar-refractivity contribution in [3.05, 3.63) is 0 Å². The second-order valence-electron chi connectivity index (χ2n) is 4.53. The molecule has 0 spiro atoms. The Balaban J connectivity index is 3.24. The van der Waals surface area contributed by atoms with Gasteiger partial charge in [-0.25, -0.2) is 4.79 Å². The lowest BCUT2D eigenvalue weighted by Crippen LogP contribution is -2.57. The lowest BCUT2D eigenvalue weighted by Gasteiger charge is -2.31. The molecular formula is C13H19NO7. The van der Waals surface area contributed by atoms with Gasteiger partial charge in [-0.15, -0.1) is 0 Å². The molecule has 8 heteroatoms. The smallest absolute Gasteiger partial charge is 0.355 e. The Morgan fingerprint density at radius 1 is 1.33 bits per heavy atom. The van der Waals surface area contributed by atoms with Crippen molar-refractivity contribution in [2.75, 3.05) is 20.2 Å². The summed E-state index contributed by atoms with van der Waals surface area (Å²) in [5.41, 5.74) is -2.06. The number of ether oxygens (including phenoxy) is 3. The average molecular weight is 301 g/mol. The van der Waals surface area contributed by atoms with Crippen LogP contribution in [0.3, 0.4) is 0 Å². The van der Waals surface area contributed by atoms with Crippen molar-refractivity contribution in [3.8, 4) is 0 Å². The van der Waals surface area contributed by atoms with E-state index in [1.807, 2.05) is 0 Å². The van der Waals surface area contributed by atoms with E-state index in [1.54, 1.807) is 13.8 Å². The number of esters is 3. The van der Waals surface area contributed by atoms with Crippen molar-refractivity contribution in [2.24, 2.45) is 0 Å². The first kappa shape index (κ1) is 16.9. The molecule has 0 radical (unpaired) electrons. The van der Waals surface area contributed by atoms with Crippen LogP contribution in [-0.2, 0) is 33.4 Å². The highest BCUT2D eigenvalue weighted by molar-refractivity contribution is 6.00. The van der Waals surface area contributed by atoms with E-state index in [0.717, 1.165) is 14.0 Å². The molecule has 1 aliphatic heterocycles. The van der Waals surface area contributed by atoms with E-state index in [2.05, 4.69) is 4.74 Å². The van der Waals surface area contributed by atoms with Gasteiger partial charge in [-0.1, -0.05) is 0 Å². The van der Waals surface area contributed by atoms with Gasteiger partial charge in [-0.05, 0) is 13.8 Å². The van der Waals surface area contributed by atoms with Crippen LogP contribution in [0, 0.1) is 0 Å². The Morgan fingerprint density at radius 3 is 2.33 bits per heavy atom. The second kappa shape index (κ2) is 6.55. The van der Waals surface area contributed by atoms with Gasteiger partial charge < -0.3 is 19.1 Å². The molecule has 0 aromatic heterocycles. The molecule has 1 aliphatic rings. The van der Waals surface area contributed by atoms with Gasteiger partial charge in [0.15, 0.2) is 0 Å². The summed E-state index contributed by atoms with van der Waals surface area (Å²) >= 11 is 0. The molecule has 21 heavy (non-hydrogen) atoms. The van der Waals surface area contributed by atoms with Crippen LogP contribution in [0.4, 0.5) is 0 Å². The number of carbonyl (C=O) groups excluding carboxylic acids is 4. The molecule has 1 rings (SSSR count). The number of cyclic esters (lactones) is 1. The summed E-state index contributed by atoms with van der Waals surface area (Å²) in [6.07, 6.45) is -2.07. The maximum atomic E-state index is 12.4. The SMILES string of the molecule is CCN(CC)C(=O)C1OC(=O)CC1(OC(C)=O)C(=O)OC. The van der Waals surface area contributed by atoms with Crippen LogP contribution in [-0.4, -0.2) is 60.6 Å². The minimum atomic E-state index is -2.06. The van der Waals surface area contributed by atoms with E-state index in [1.165, 1.54) is 4.90 Å². The van der Waals surface area contributed by atoms with E-state index in [0.29, 0.717) is 13.1 Å². The largest absolute Gasteiger partial charge is 0.466 e. The first-order chi connectivity index (χ1) is 9.82. The zero-order chi connectivity index (χ0) is 16.2. The fourth-order valence-corrected chi connectivity index (χ4v) is 2.27. The van der Waals surface area contributed by atoms with Crippen LogP contribution in [0.5, 0.6) is 0 Å². The van der Waals surface area contributed by atoms with Gasteiger partial charge in [0.1, 0.15) is 6.42 Å². The molecule has 0 bridgehead atoms. The number of hydrogen-bond acceptors (Lipinski definition) is 7. The third-order valence-electron chi connectivity index (χ3n) is 3.24. The van der Waals surface area contributed by atoms with Crippen molar-refractivity contribution in [1.82, 2.24) is 4.90 Å². The number of amides is 1. The number of hydrogen-bond donors (Lipinski definition) is 0. The molecule has 1 saturated heterocycles. The van der Waals surface area contributed by atoms with Gasteiger partial charge in [0.05, 0.1) is 7.11 Å². The Kier molecular flexibility index (Phi) is 5.28. The standard InChI is InChI=1S/C13H19NO7/c1-5-14(6-2)11(17)10-13(12(18)19-4,21-8(3)15)7-9(16)20-10/h10H,5-7H2,1-4H3. The minimum absolute atomic E-state index is 0.362. The lowest BCUT2D eigenvalue weighted by atomic mass is 9.93. The highest BCUT2D eigenvalue weighted by Crippen LogP contribution is 2.33. The summed E-state index contributed by atoms with van der Waals surface area (Å²) in [6.45, 7) is 5.28. The van der Waals surface area contributed by atoms with Crippen LogP contribution < -0.4 is 0 Å². The third-order valence-corrected chi connectivity index (χ3v) is 3.24. The van der Waals surface area contributed by atoms with E-state index in [4.69, 9.17) is 9.47 Å². The van der Waals surface area contributed by atoms with Gasteiger partial charge in [0.2, 0.25) is 6.10 Å². The monoisotopic (exact) mass is 301 g/mol. The highest BCUT2D eigenvalue weighted by atomic mass is 16.6. The summed E-state index contributed by atoms with van der Waals surface area (Å²) in [5, 5.41) is 0. The molecule has 2 unspecified atom stereocenters. The van der Waals surface area contributed by atoms with Gasteiger partial charge in [-0.2, -0.15) is 0 Å². The number of nitrogens with zero attached hydrogens (tertiary/aromatic N) is 1. The first-order valence-corrected chi connectivity index (χ1v) is 6.58. The summed E-state index contributed by atoms with van der Waals surface area (Å²) < 4.78 is 14.5. The number of likely N-dealkylation sites (N-methyl/N-ethyl adjacent to an activating group) is 1. The Bertz CT molecular complexity index is 457. The maximum Gasteiger partial charge on any atom is 0.355 e. The fourth-order valence-electron chi connectivity index (χ4n) is 2.27. The van der Waals surface area contributed by atoms with Crippen LogP contribution in [0.15, 0.2) is 0 Å². The molecule has 0 aromatic carbocycles. The van der Waals surface area contributed by atoms with E-state index in [9.17, 15) is 19.2 Å². The van der Waals surface area contributed by atoms with Crippen LogP contribution in [0.2, 0.25) is 0 Å². The van der Waals surface area contributed by atoms with E-state index >= 15 is 0 Å². The average Bonchev–Trinajstić information content (AvgIpc) is 2.75. The zero-order valence-electron chi connectivity index (χ0n) is 12.5. The van der Waals surface area contributed by atoms with Crippen LogP contribution in [0.1, 0.15) is 27.2 Å². The first-order valence-electron chi connectivity index (χ1n) is 6.58. The predicted octanol–water partition coefficient (Wildman–Crippen LogP) is -0.355. The summed E-state index contributed by atoms with van der Waals surface area (Å²) in [4.78, 5) is 48.7. The van der Waals surface area contributed by atoms with Crippen LogP contribution in [0.25, 0.3) is 0 Å². The predicted molar refractivity (Wildman–Crippen MR) is 68.9 cm³/mol. The normalized spacial score (nSPS) is 24.2. The van der Waals surface area contributed by atoms with Gasteiger partial charge in [0, 0.05) is 20.0 Å². The zero-order valence-corrected chi connectivity index (χ0v) is 12.5. The van der Waals surface area contributed by atoms with Crippen molar-refractivity contribution in [3.63, 3.8) is 0 Å². The molecule has 118 valence electrons. The molecular weight excluding hydrogens is 282 g/mol. The van der Waals surface area contributed by atoms with Gasteiger partial charge in [-0.3, -0.25) is 14.4 Å². The maximum absolute atomic E-state index is 12.4. The quantitative estimate of drug-likeness (QED) is 0.505. The number of methoxy groups -OCH3 is 1. The highest BCUT2D eigenvalue weighted by Gasteiger charge is 2.62. The molecule has 0 N–H and O–H groups in total. The van der Waals surface area contributed by atoms with Crippen LogP contribution >= 0.6 is 0 Å². The molecule has 2 atom stereocenters. The summed E-state index contributed by atoms with van der Waals surface area (Å²) in [7, 11) is 1.08. The molecule has 1 amide bonds. The third kappa shape index (κ3) is 3.14. The van der Waals surface area contributed by atoms with Crippen molar-refractivity contribution >= 4 is 23.8 Å². The summed E-state index contributed by atoms with van der Waals surface area (Å²) in [6, 6.07) is 0. The fraction of sp³-hybridized carbons (Fsp3) is 0.692. The second-order valence-corrected chi connectivity index (χ2v) is 4.53. The van der Waals surface area contributed by atoms with Gasteiger partial charge >= 0.3 is 17.9 Å². The Hall–Kier alpha value is -2.12. The molecule has 0 aliphatic carbocycles.